The number of nitrogens with one attached hydrogen (secondary N) is 2. The molecule has 1 saturated carbocycles. The molecule has 0 radical (unpaired) electrons. The second-order valence-electron chi connectivity index (χ2n) is 4.62. The number of imidazole rings is 1. The van der Waals surface area contributed by atoms with Gasteiger partial charge in [0, 0.05) is 6.04 Å². The monoisotopic (exact) mass is 247 g/mol. The third kappa shape index (κ3) is 2.03. The lowest BCUT2D eigenvalue weighted by Gasteiger charge is -2.31. The lowest BCUT2D eigenvalue weighted by atomic mass is 9.92. The fourth-order valence-corrected chi connectivity index (χ4v) is 2.54. The van der Waals surface area contributed by atoms with E-state index in [2.05, 4.69) is 25.3 Å². The zero-order valence-electron chi connectivity index (χ0n) is 10.4. The van der Waals surface area contributed by atoms with Gasteiger partial charge in [-0.2, -0.15) is 4.98 Å². The average Bonchev–Trinajstić information content (AvgIpc) is 2.89. The minimum absolute atomic E-state index is 0.171. The lowest BCUT2D eigenvalue weighted by molar-refractivity contribution is 0.114. The van der Waals surface area contributed by atoms with Gasteiger partial charge in [-0.3, -0.25) is 0 Å². The zero-order chi connectivity index (χ0) is 12.4. The molecule has 0 amide bonds. The number of ether oxygens (including phenoxy) is 1. The molecule has 0 bridgehead atoms. The van der Waals surface area contributed by atoms with Crippen molar-refractivity contribution in [1.29, 1.82) is 0 Å². The highest BCUT2D eigenvalue weighted by Gasteiger charge is 2.26. The van der Waals surface area contributed by atoms with Crippen molar-refractivity contribution in [3.8, 4) is 5.88 Å². The molecule has 6 heteroatoms. The second-order valence-corrected chi connectivity index (χ2v) is 4.62. The molecule has 96 valence electrons. The van der Waals surface area contributed by atoms with Gasteiger partial charge in [0.25, 0.3) is 0 Å². The predicted molar refractivity (Wildman–Crippen MR) is 67.4 cm³/mol. The molecule has 0 aromatic carbocycles. The second kappa shape index (κ2) is 4.89. The number of likely N-dealkylation sites (N-methyl/N-ethyl adjacent to an activating group) is 1. The molecule has 3 rings (SSSR count). The summed E-state index contributed by atoms with van der Waals surface area (Å²) in [5.41, 5.74) is 1.43. The topological polar surface area (TPSA) is 75.7 Å². The summed E-state index contributed by atoms with van der Waals surface area (Å²) in [5, 5.41) is 3.32. The van der Waals surface area contributed by atoms with E-state index in [1.807, 2.05) is 7.05 Å². The average molecular weight is 247 g/mol. The van der Waals surface area contributed by atoms with Gasteiger partial charge in [0.1, 0.15) is 17.9 Å². The molecule has 2 N–H and O–H groups in total. The van der Waals surface area contributed by atoms with Gasteiger partial charge in [-0.25, -0.2) is 9.97 Å². The van der Waals surface area contributed by atoms with E-state index in [0.29, 0.717) is 17.6 Å². The van der Waals surface area contributed by atoms with Gasteiger partial charge in [-0.15, -0.1) is 0 Å². The van der Waals surface area contributed by atoms with Gasteiger partial charge >= 0.3 is 0 Å². The molecule has 2 unspecified atom stereocenters. The van der Waals surface area contributed by atoms with Crippen LogP contribution in [-0.4, -0.2) is 39.1 Å². The summed E-state index contributed by atoms with van der Waals surface area (Å²) in [4.78, 5) is 15.4. The van der Waals surface area contributed by atoms with E-state index >= 15 is 0 Å². The van der Waals surface area contributed by atoms with Gasteiger partial charge in [0.15, 0.2) is 5.65 Å². The maximum absolute atomic E-state index is 6.05. The molecular formula is C12H17N5O. The lowest BCUT2D eigenvalue weighted by Crippen LogP contribution is -2.43. The number of aromatic amines is 1. The number of fused-ring (bicyclic) bond motifs is 1. The van der Waals surface area contributed by atoms with E-state index < -0.39 is 0 Å². The van der Waals surface area contributed by atoms with Crippen LogP contribution in [0.2, 0.25) is 0 Å². The summed E-state index contributed by atoms with van der Waals surface area (Å²) in [6.07, 6.45) is 7.96. The van der Waals surface area contributed by atoms with Crippen molar-refractivity contribution >= 4 is 11.2 Å². The van der Waals surface area contributed by atoms with Gasteiger partial charge < -0.3 is 15.0 Å². The van der Waals surface area contributed by atoms with E-state index in [9.17, 15) is 0 Å². The minimum atomic E-state index is 0.171. The van der Waals surface area contributed by atoms with Crippen LogP contribution >= 0.6 is 0 Å². The van der Waals surface area contributed by atoms with Gasteiger partial charge in [0.2, 0.25) is 5.88 Å². The Morgan fingerprint density at radius 2 is 2.17 bits per heavy atom. The number of aromatic nitrogens is 4. The molecule has 1 aliphatic carbocycles. The summed E-state index contributed by atoms with van der Waals surface area (Å²) < 4.78 is 6.05. The quantitative estimate of drug-likeness (QED) is 0.854. The summed E-state index contributed by atoms with van der Waals surface area (Å²) in [6.45, 7) is 0. The normalized spacial score (nSPS) is 24.3. The molecule has 2 heterocycles. The van der Waals surface area contributed by atoms with Crippen LogP contribution in [-0.2, 0) is 0 Å². The van der Waals surface area contributed by atoms with Crippen LogP contribution in [0.5, 0.6) is 5.88 Å². The molecule has 1 fully saturated rings. The van der Waals surface area contributed by atoms with Crippen LogP contribution in [0.1, 0.15) is 25.7 Å². The van der Waals surface area contributed by atoms with Crippen molar-refractivity contribution in [1.82, 2.24) is 25.3 Å². The Morgan fingerprint density at radius 3 is 3.06 bits per heavy atom. The third-order valence-corrected chi connectivity index (χ3v) is 3.52. The largest absolute Gasteiger partial charge is 0.471 e. The molecule has 2 aromatic rings. The standard InChI is InChI=1S/C12H17N5O/c1-13-8-4-2-3-5-9(8)18-12-10-11(15-6-14-10)16-7-17-12/h6-9,13H,2-5H2,1H3,(H,14,15,16,17). The van der Waals surface area contributed by atoms with E-state index in [1.54, 1.807) is 6.33 Å². The highest BCUT2D eigenvalue weighted by Crippen LogP contribution is 2.25. The van der Waals surface area contributed by atoms with Crippen molar-refractivity contribution in [2.75, 3.05) is 7.05 Å². The molecule has 0 aliphatic heterocycles. The molecule has 0 spiro atoms. The van der Waals surface area contributed by atoms with Crippen LogP contribution in [0.4, 0.5) is 0 Å². The first-order valence-electron chi connectivity index (χ1n) is 6.36. The summed E-state index contributed by atoms with van der Waals surface area (Å²) in [5.74, 6) is 0.602. The number of nitrogens with zero attached hydrogens (tertiary/aromatic N) is 3. The summed E-state index contributed by atoms with van der Waals surface area (Å²) in [7, 11) is 1.98. The van der Waals surface area contributed by atoms with Crippen molar-refractivity contribution in [3.05, 3.63) is 12.7 Å². The molecular weight excluding hydrogens is 230 g/mol. The van der Waals surface area contributed by atoms with Crippen LogP contribution in [0, 0.1) is 0 Å². The zero-order valence-corrected chi connectivity index (χ0v) is 10.4. The predicted octanol–water partition coefficient (Wildman–Crippen LogP) is 1.26. The van der Waals surface area contributed by atoms with Crippen molar-refractivity contribution in [2.24, 2.45) is 0 Å². The van der Waals surface area contributed by atoms with E-state index in [4.69, 9.17) is 4.74 Å². The smallest absolute Gasteiger partial charge is 0.243 e. The SMILES string of the molecule is CNC1CCCCC1Oc1ncnc2nc[nH]c12. The highest BCUT2D eigenvalue weighted by molar-refractivity contribution is 5.74. The van der Waals surface area contributed by atoms with Crippen LogP contribution in [0.15, 0.2) is 12.7 Å². The Kier molecular flexibility index (Phi) is 3.10. The minimum Gasteiger partial charge on any atom is -0.471 e. The third-order valence-electron chi connectivity index (χ3n) is 3.52. The van der Waals surface area contributed by atoms with E-state index in [-0.39, 0.29) is 6.10 Å². The Morgan fingerprint density at radius 1 is 1.28 bits per heavy atom. The van der Waals surface area contributed by atoms with Crippen molar-refractivity contribution in [2.45, 2.75) is 37.8 Å². The Labute approximate surface area is 105 Å². The fraction of sp³-hybridized carbons (Fsp3) is 0.583. The van der Waals surface area contributed by atoms with Crippen LogP contribution < -0.4 is 10.1 Å². The molecule has 2 atom stereocenters. The fourth-order valence-electron chi connectivity index (χ4n) is 2.54. The maximum Gasteiger partial charge on any atom is 0.243 e. The Hall–Kier alpha value is -1.69. The number of hydrogen-bond acceptors (Lipinski definition) is 5. The molecule has 2 aromatic heterocycles. The van der Waals surface area contributed by atoms with Crippen LogP contribution in [0.3, 0.4) is 0 Å². The molecule has 6 nitrogen and oxygen atoms in total. The van der Waals surface area contributed by atoms with Crippen molar-refractivity contribution in [3.63, 3.8) is 0 Å². The van der Waals surface area contributed by atoms with E-state index in [0.717, 1.165) is 18.4 Å². The van der Waals surface area contributed by atoms with Crippen molar-refractivity contribution < 1.29 is 4.74 Å². The number of hydrogen-bond donors (Lipinski definition) is 2. The first-order valence-corrected chi connectivity index (χ1v) is 6.36. The van der Waals surface area contributed by atoms with E-state index in [1.165, 1.54) is 19.2 Å². The van der Waals surface area contributed by atoms with Gasteiger partial charge in [-0.05, 0) is 26.3 Å². The van der Waals surface area contributed by atoms with Crippen LogP contribution in [0.25, 0.3) is 11.2 Å². The van der Waals surface area contributed by atoms with Gasteiger partial charge in [-0.1, -0.05) is 6.42 Å². The summed E-state index contributed by atoms with van der Waals surface area (Å²) in [6, 6.07) is 0.395. The molecule has 1 aliphatic rings. The Balaban J connectivity index is 1.84. The first-order chi connectivity index (χ1) is 8.88. The Bertz CT molecular complexity index is 526. The molecule has 0 saturated heterocycles. The number of rotatable bonds is 3. The maximum atomic E-state index is 6.05. The first kappa shape index (κ1) is 11.4. The number of H-pyrrole nitrogens is 1. The summed E-state index contributed by atoms with van der Waals surface area (Å²) >= 11 is 0. The highest BCUT2D eigenvalue weighted by atomic mass is 16.5. The molecule has 18 heavy (non-hydrogen) atoms. The van der Waals surface area contributed by atoms with Gasteiger partial charge in [0.05, 0.1) is 6.33 Å².